The van der Waals surface area contributed by atoms with Crippen LogP contribution in [0.2, 0.25) is 0 Å². The molecule has 1 fully saturated rings. The Morgan fingerprint density at radius 1 is 1.55 bits per heavy atom. The van der Waals surface area contributed by atoms with Gasteiger partial charge in [-0.2, -0.15) is 0 Å². The molecule has 1 aromatic rings. The second-order valence-corrected chi connectivity index (χ2v) is 4.87. The molecular weight excluding hydrogens is 284 g/mol. The van der Waals surface area contributed by atoms with Crippen LogP contribution in [0.5, 0.6) is 0 Å². The van der Waals surface area contributed by atoms with Gasteiger partial charge in [0.05, 0.1) is 13.2 Å². The van der Waals surface area contributed by atoms with Crippen molar-refractivity contribution in [3.05, 3.63) is 5.89 Å². The number of nitrogens with zero attached hydrogens (tertiary/aromatic N) is 3. The SMILES string of the molecule is CCCNC(=O)C1COCCN1c1nnc(CCCl)o1. The second-order valence-electron chi connectivity index (χ2n) is 4.49. The lowest BCUT2D eigenvalue weighted by Crippen LogP contribution is -2.54. The van der Waals surface area contributed by atoms with Crippen LogP contribution in [0, 0.1) is 0 Å². The standard InChI is InChI=1S/C12H19ClN4O3/c1-2-5-14-11(18)9-8-19-7-6-17(9)12-16-15-10(20-12)3-4-13/h9H,2-8H2,1H3,(H,14,18). The number of hydrogen-bond acceptors (Lipinski definition) is 6. The Kier molecular flexibility index (Phi) is 5.60. The maximum Gasteiger partial charge on any atom is 0.319 e. The van der Waals surface area contributed by atoms with Crippen molar-refractivity contribution in [1.82, 2.24) is 15.5 Å². The normalized spacial score (nSPS) is 19.1. The molecule has 1 aliphatic rings. The predicted molar refractivity (Wildman–Crippen MR) is 74.0 cm³/mol. The molecule has 1 amide bonds. The average molecular weight is 303 g/mol. The Morgan fingerprint density at radius 3 is 3.15 bits per heavy atom. The first-order valence-electron chi connectivity index (χ1n) is 6.76. The predicted octanol–water partition coefficient (Wildman–Crippen LogP) is 0.582. The van der Waals surface area contributed by atoms with Crippen LogP contribution in [0.25, 0.3) is 0 Å². The summed E-state index contributed by atoms with van der Waals surface area (Å²) in [5.41, 5.74) is 0. The number of halogens is 1. The molecule has 8 heteroatoms. The molecule has 1 unspecified atom stereocenters. The number of nitrogens with one attached hydrogen (secondary N) is 1. The first-order valence-corrected chi connectivity index (χ1v) is 7.30. The van der Waals surface area contributed by atoms with Crippen LogP contribution in [0.3, 0.4) is 0 Å². The van der Waals surface area contributed by atoms with Crippen LogP contribution < -0.4 is 10.2 Å². The number of carbonyl (C=O) groups excluding carboxylic acids is 1. The smallest absolute Gasteiger partial charge is 0.319 e. The number of aryl methyl sites for hydroxylation is 1. The van der Waals surface area contributed by atoms with Gasteiger partial charge in [0.2, 0.25) is 11.8 Å². The lowest BCUT2D eigenvalue weighted by atomic mass is 10.2. The van der Waals surface area contributed by atoms with E-state index in [0.717, 1.165) is 6.42 Å². The van der Waals surface area contributed by atoms with Crippen molar-refractivity contribution >= 4 is 23.5 Å². The number of aromatic nitrogens is 2. The van der Waals surface area contributed by atoms with Crippen molar-refractivity contribution < 1.29 is 13.9 Å². The number of anilines is 1. The van der Waals surface area contributed by atoms with Gasteiger partial charge in [0.1, 0.15) is 6.04 Å². The molecular formula is C12H19ClN4O3. The number of hydrogen-bond donors (Lipinski definition) is 1. The van der Waals surface area contributed by atoms with Gasteiger partial charge >= 0.3 is 6.01 Å². The summed E-state index contributed by atoms with van der Waals surface area (Å²) in [7, 11) is 0. The molecule has 1 saturated heterocycles. The van der Waals surface area contributed by atoms with Crippen molar-refractivity contribution in [3.63, 3.8) is 0 Å². The van der Waals surface area contributed by atoms with Crippen molar-refractivity contribution in [2.45, 2.75) is 25.8 Å². The molecule has 2 heterocycles. The highest BCUT2D eigenvalue weighted by Gasteiger charge is 2.32. The van der Waals surface area contributed by atoms with E-state index in [2.05, 4.69) is 15.5 Å². The summed E-state index contributed by atoms with van der Waals surface area (Å²) in [4.78, 5) is 13.9. The number of alkyl halides is 1. The Morgan fingerprint density at radius 2 is 2.40 bits per heavy atom. The van der Waals surface area contributed by atoms with E-state index >= 15 is 0 Å². The Bertz CT molecular complexity index is 440. The third-order valence-electron chi connectivity index (χ3n) is 2.99. The molecule has 0 aliphatic carbocycles. The van der Waals surface area contributed by atoms with Gasteiger partial charge in [-0.1, -0.05) is 12.0 Å². The molecule has 0 aromatic carbocycles. The van der Waals surface area contributed by atoms with Gasteiger partial charge in [-0.3, -0.25) is 4.79 Å². The summed E-state index contributed by atoms with van der Waals surface area (Å²) in [5, 5.41) is 10.8. The number of amides is 1. The minimum absolute atomic E-state index is 0.0800. The van der Waals surface area contributed by atoms with E-state index in [0.29, 0.717) is 50.5 Å². The van der Waals surface area contributed by atoms with Gasteiger partial charge in [-0.15, -0.1) is 16.7 Å². The summed E-state index contributed by atoms with van der Waals surface area (Å²) in [6.45, 7) is 4.05. The Hall–Kier alpha value is -1.34. The Balaban J connectivity index is 2.07. The van der Waals surface area contributed by atoms with E-state index in [1.807, 2.05) is 6.92 Å². The van der Waals surface area contributed by atoms with Crippen LogP contribution in [-0.2, 0) is 16.0 Å². The molecule has 1 aromatic heterocycles. The molecule has 2 rings (SSSR count). The van der Waals surface area contributed by atoms with Gasteiger partial charge in [0, 0.05) is 25.4 Å². The molecule has 0 bridgehead atoms. The zero-order valence-electron chi connectivity index (χ0n) is 11.5. The number of ether oxygens (including phenoxy) is 1. The summed E-state index contributed by atoms with van der Waals surface area (Å²) >= 11 is 5.64. The molecule has 1 N–H and O–H groups in total. The maximum atomic E-state index is 12.1. The third-order valence-corrected chi connectivity index (χ3v) is 3.18. The van der Waals surface area contributed by atoms with Gasteiger partial charge in [-0.05, 0) is 6.42 Å². The van der Waals surface area contributed by atoms with Gasteiger partial charge in [0.25, 0.3) is 0 Å². The quantitative estimate of drug-likeness (QED) is 0.774. The van der Waals surface area contributed by atoms with E-state index in [4.69, 9.17) is 20.8 Å². The fraction of sp³-hybridized carbons (Fsp3) is 0.750. The summed E-state index contributed by atoms with van der Waals surface area (Å²) in [6.07, 6.45) is 1.41. The van der Waals surface area contributed by atoms with Crippen molar-refractivity contribution in [2.75, 3.05) is 37.1 Å². The molecule has 0 radical (unpaired) electrons. The summed E-state index contributed by atoms with van der Waals surface area (Å²) < 4.78 is 10.9. The Labute approximate surface area is 122 Å². The van der Waals surface area contributed by atoms with Gasteiger partial charge in [-0.25, -0.2) is 0 Å². The van der Waals surface area contributed by atoms with Crippen LogP contribution in [0.15, 0.2) is 4.42 Å². The third kappa shape index (κ3) is 3.61. The van der Waals surface area contributed by atoms with Crippen LogP contribution >= 0.6 is 11.6 Å². The monoisotopic (exact) mass is 302 g/mol. The highest BCUT2D eigenvalue weighted by molar-refractivity contribution is 6.17. The van der Waals surface area contributed by atoms with Gasteiger partial charge in [0.15, 0.2) is 0 Å². The van der Waals surface area contributed by atoms with Gasteiger partial charge < -0.3 is 19.4 Å². The molecule has 7 nitrogen and oxygen atoms in total. The number of rotatable bonds is 6. The van der Waals surface area contributed by atoms with E-state index in [1.165, 1.54) is 0 Å². The zero-order valence-corrected chi connectivity index (χ0v) is 12.2. The number of carbonyl (C=O) groups is 1. The molecule has 0 saturated carbocycles. The van der Waals surface area contributed by atoms with Crippen molar-refractivity contribution in [2.24, 2.45) is 0 Å². The highest BCUT2D eigenvalue weighted by atomic mass is 35.5. The van der Waals surface area contributed by atoms with E-state index < -0.39 is 6.04 Å². The van der Waals surface area contributed by atoms with Crippen molar-refractivity contribution in [1.29, 1.82) is 0 Å². The topological polar surface area (TPSA) is 80.5 Å². The first kappa shape index (κ1) is 15.1. The van der Waals surface area contributed by atoms with Crippen LogP contribution in [0.4, 0.5) is 6.01 Å². The molecule has 20 heavy (non-hydrogen) atoms. The lowest BCUT2D eigenvalue weighted by molar-refractivity contribution is -0.124. The summed E-state index contributed by atoms with van der Waals surface area (Å²) in [5.74, 6) is 0.823. The molecule has 1 atom stereocenters. The lowest BCUT2D eigenvalue weighted by Gasteiger charge is -2.32. The highest BCUT2D eigenvalue weighted by Crippen LogP contribution is 2.18. The van der Waals surface area contributed by atoms with Crippen LogP contribution in [0.1, 0.15) is 19.2 Å². The van der Waals surface area contributed by atoms with E-state index in [-0.39, 0.29) is 5.91 Å². The minimum Gasteiger partial charge on any atom is -0.408 e. The largest absolute Gasteiger partial charge is 0.408 e. The first-order chi connectivity index (χ1) is 9.76. The number of morpholine rings is 1. The second kappa shape index (κ2) is 7.44. The van der Waals surface area contributed by atoms with E-state index in [1.54, 1.807) is 4.90 Å². The summed E-state index contributed by atoms with van der Waals surface area (Å²) in [6, 6.07) is -0.0790. The van der Waals surface area contributed by atoms with Crippen molar-refractivity contribution in [3.8, 4) is 0 Å². The fourth-order valence-corrected chi connectivity index (χ4v) is 2.12. The molecule has 0 spiro atoms. The molecule has 1 aliphatic heterocycles. The average Bonchev–Trinajstić information content (AvgIpc) is 2.93. The molecule has 112 valence electrons. The van der Waals surface area contributed by atoms with E-state index in [9.17, 15) is 4.79 Å². The zero-order chi connectivity index (χ0) is 14.4. The fourth-order valence-electron chi connectivity index (χ4n) is 1.96. The van der Waals surface area contributed by atoms with Crippen LogP contribution in [-0.4, -0.2) is 54.3 Å². The maximum absolute atomic E-state index is 12.1. The minimum atomic E-state index is -0.431.